The van der Waals surface area contributed by atoms with Crippen molar-refractivity contribution in [2.24, 2.45) is 5.92 Å². The maximum atomic E-state index is 12.2. The molecule has 1 unspecified atom stereocenters. The number of ether oxygens (including phenoxy) is 1. The van der Waals surface area contributed by atoms with Gasteiger partial charge in [-0.25, -0.2) is 0 Å². The summed E-state index contributed by atoms with van der Waals surface area (Å²) < 4.78 is 10.7. The molecule has 96 valence electrons. The zero-order chi connectivity index (χ0) is 13.3. The standard InChI is InChI=1S/C14H15ClO3/c1-8(2)13(17-3)12(16)11-7-9-5-4-6-10(15)14(9)18-11/h4-8,13H,1-3H3. The molecule has 0 bridgehead atoms. The van der Waals surface area contributed by atoms with Crippen molar-refractivity contribution in [1.82, 2.24) is 0 Å². The highest BCUT2D eigenvalue weighted by Crippen LogP contribution is 2.28. The average molecular weight is 267 g/mol. The van der Waals surface area contributed by atoms with Crippen LogP contribution in [0.5, 0.6) is 0 Å². The molecule has 18 heavy (non-hydrogen) atoms. The third-order valence-electron chi connectivity index (χ3n) is 2.86. The van der Waals surface area contributed by atoms with E-state index in [1.165, 1.54) is 7.11 Å². The van der Waals surface area contributed by atoms with Crippen molar-refractivity contribution in [2.45, 2.75) is 20.0 Å². The molecule has 1 aromatic carbocycles. The molecule has 0 fully saturated rings. The molecule has 1 heterocycles. The highest BCUT2D eigenvalue weighted by Gasteiger charge is 2.26. The minimum Gasteiger partial charge on any atom is -0.451 e. The van der Waals surface area contributed by atoms with Crippen molar-refractivity contribution in [1.29, 1.82) is 0 Å². The SMILES string of the molecule is COC(C(=O)c1cc2cccc(Cl)c2o1)C(C)C. The van der Waals surface area contributed by atoms with Gasteiger partial charge in [-0.2, -0.15) is 0 Å². The number of benzene rings is 1. The van der Waals surface area contributed by atoms with E-state index in [9.17, 15) is 4.79 Å². The molecule has 0 aliphatic rings. The first-order chi connectivity index (χ1) is 8.54. The summed E-state index contributed by atoms with van der Waals surface area (Å²) in [7, 11) is 1.53. The Hall–Kier alpha value is -1.32. The van der Waals surface area contributed by atoms with Gasteiger partial charge in [-0.1, -0.05) is 37.6 Å². The second kappa shape index (κ2) is 5.12. The number of ketones is 1. The van der Waals surface area contributed by atoms with Crippen LogP contribution in [0, 0.1) is 5.92 Å². The molecule has 2 rings (SSSR count). The fourth-order valence-electron chi connectivity index (χ4n) is 1.97. The lowest BCUT2D eigenvalue weighted by atomic mass is 10.0. The first-order valence-electron chi connectivity index (χ1n) is 5.79. The van der Waals surface area contributed by atoms with E-state index in [0.717, 1.165) is 5.39 Å². The van der Waals surface area contributed by atoms with E-state index in [2.05, 4.69) is 0 Å². The van der Waals surface area contributed by atoms with E-state index in [1.807, 2.05) is 26.0 Å². The normalized spacial score (nSPS) is 13.2. The molecule has 1 aromatic heterocycles. The summed E-state index contributed by atoms with van der Waals surface area (Å²) in [6, 6.07) is 7.12. The fourth-order valence-corrected chi connectivity index (χ4v) is 2.19. The van der Waals surface area contributed by atoms with E-state index in [-0.39, 0.29) is 11.7 Å². The highest BCUT2D eigenvalue weighted by atomic mass is 35.5. The van der Waals surface area contributed by atoms with Gasteiger partial charge < -0.3 is 9.15 Å². The summed E-state index contributed by atoms with van der Waals surface area (Å²) in [5.41, 5.74) is 0.543. The minimum atomic E-state index is -0.496. The zero-order valence-electron chi connectivity index (χ0n) is 10.6. The van der Waals surface area contributed by atoms with Crippen LogP contribution >= 0.6 is 11.6 Å². The maximum Gasteiger partial charge on any atom is 0.226 e. The maximum absolute atomic E-state index is 12.2. The number of methoxy groups -OCH3 is 1. The van der Waals surface area contributed by atoms with Crippen LogP contribution in [0.1, 0.15) is 24.4 Å². The van der Waals surface area contributed by atoms with Crippen LogP contribution < -0.4 is 0 Å². The zero-order valence-corrected chi connectivity index (χ0v) is 11.3. The number of hydrogen-bond donors (Lipinski definition) is 0. The van der Waals surface area contributed by atoms with E-state index in [0.29, 0.717) is 16.4 Å². The van der Waals surface area contributed by atoms with Gasteiger partial charge in [0, 0.05) is 12.5 Å². The Bertz CT molecular complexity index is 571. The van der Waals surface area contributed by atoms with Crippen molar-refractivity contribution in [3.05, 3.63) is 35.0 Å². The van der Waals surface area contributed by atoms with Crippen molar-refractivity contribution >= 4 is 28.4 Å². The lowest BCUT2D eigenvalue weighted by Gasteiger charge is -2.15. The molecule has 0 saturated carbocycles. The molecule has 0 spiro atoms. The number of para-hydroxylation sites is 1. The molecule has 0 N–H and O–H groups in total. The number of halogens is 1. The highest BCUT2D eigenvalue weighted by molar-refractivity contribution is 6.34. The topological polar surface area (TPSA) is 39.4 Å². The smallest absolute Gasteiger partial charge is 0.226 e. The second-order valence-corrected chi connectivity index (χ2v) is 4.94. The molecule has 0 saturated heterocycles. The fraction of sp³-hybridized carbons (Fsp3) is 0.357. The number of rotatable bonds is 4. The Kier molecular flexibility index (Phi) is 3.73. The molecule has 0 amide bonds. The third kappa shape index (κ3) is 2.28. The number of fused-ring (bicyclic) bond motifs is 1. The van der Waals surface area contributed by atoms with Gasteiger partial charge in [-0.15, -0.1) is 0 Å². The van der Waals surface area contributed by atoms with E-state index in [1.54, 1.807) is 12.1 Å². The van der Waals surface area contributed by atoms with Crippen LogP contribution in [0.4, 0.5) is 0 Å². The Labute approximate surface area is 111 Å². The Morgan fingerprint density at radius 2 is 2.11 bits per heavy atom. The van der Waals surface area contributed by atoms with Gasteiger partial charge in [0.25, 0.3) is 0 Å². The van der Waals surface area contributed by atoms with E-state index >= 15 is 0 Å². The van der Waals surface area contributed by atoms with Crippen molar-refractivity contribution in [2.75, 3.05) is 7.11 Å². The summed E-state index contributed by atoms with van der Waals surface area (Å²) in [5.74, 6) is 0.226. The molecule has 4 heteroatoms. The van der Waals surface area contributed by atoms with Crippen molar-refractivity contribution in [3.8, 4) is 0 Å². The van der Waals surface area contributed by atoms with Gasteiger partial charge in [0.1, 0.15) is 6.10 Å². The molecule has 0 aliphatic heterocycles. The van der Waals surface area contributed by atoms with Gasteiger partial charge in [-0.3, -0.25) is 4.79 Å². The quantitative estimate of drug-likeness (QED) is 0.787. The summed E-state index contributed by atoms with van der Waals surface area (Å²) in [5, 5.41) is 1.33. The van der Waals surface area contributed by atoms with Gasteiger partial charge in [0.05, 0.1) is 5.02 Å². The summed E-state index contributed by atoms with van der Waals surface area (Å²) in [6.07, 6.45) is -0.496. The number of Topliss-reactive ketones (excluding diaryl/α,β-unsaturated/α-hetero) is 1. The van der Waals surface area contributed by atoms with Crippen LogP contribution in [0.3, 0.4) is 0 Å². The lowest BCUT2D eigenvalue weighted by molar-refractivity contribution is 0.0435. The summed E-state index contributed by atoms with van der Waals surface area (Å²) in [4.78, 5) is 12.2. The van der Waals surface area contributed by atoms with E-state index < -0.39 is 6.10 Å². The Balaban J connectivity index is 2.42. The van der Waals surface area contributed by atoms with Crippen LogP contribution in [-0.2, 0) is 4.74 Å². The Morgan fingerprint density at radius 3 is 2.67 bits per heavy atom. The van der Waals surface area contributed by atoms with Crippen molar-refractivity contribution in [3.63, 3.8) is 0 Å². The number of hydrogen-bond acceptors (Lipinski definition) is 3. The largest absolute Gasteiger partial charge is 0.451 e. The Morgan fingerprint density at radius 1 is 1.39 bits per heavy atom. The molecule has 0 radical (unpaired) electrons. The second-order valence-electron chi connectivity index (χ2n) is 4.53. The molecule has 0 aliphatic carbocycles. The monoisotopic (exact) mass is 266 g/mol. The van der Waals surface area contributed by atoms with Crippen LogP contribution in [0.15, 0.2) is 28.7 Å². The first-order valence-corrected chi connectivity index (χ1v) is 6.17. The van der Waals surface area contributed by atoms with Gasteiger partial charge in [-0.05, 0) is 18.1 Å². The molecular weight excluding hydrogens is 252 g/mol. The average Bonchev–Trinajstić information content (AvgIpc) is 2.74. The number of carbonyl (C=O) groups is 1. The molecule has 3 nitrogen and oxygen atoms in total. The van der Waals surface area contributed by atoms with Gasteiger partial charge in [0.2, 0.25) is 5.78 Å². The molecular formula is C14H15ClO3. The van der Waals surface area contributed by atoms with Crippen LogP contribution in [-0.4, -0.2) is 19.0 Å². The summed E-state index contributed by atoms with van der Waals surface area (Å²) >= 11 is 6.01. The summed E-state index contributed by atoms with van der Waals surface area (Å²) in [6.45, 7) is 3.86. The third-order valence-corrected chi connectivity index (χ3v) is 3.15. The molecule has 1 atom stereocenters. The predicted molar refractivity (Wildman–Crippen MR) is 71.2 cm³/mol. The predicted octanol–water partition coefficient (Wildman–Crippen LogP) is 3.94. The van der Waals surface area contributed by atoms with Crippen molar-refractivity contribution < 1.29 is 13.9 Å². The van der Waals surface area contributed by atoms with Crippen LogP contribution in [0.2, 0.25) is 5.02 Å². The first kappa shape index (κ1) is 13.1. The minimum absolute atomic E-state index is 0.0891. The number of furan rings is 1. The van der Waals surface area contributed by atoms with E-state index in [4.69, 9.17) is 20.8 Å². The van der Waals surface area contributed by atoms with Gasteiger partial charge >= 0.3 is 0 Å². The van der Waals surface area contributed by atoms with Gasteiger partial charge in [0.15, 0.2) is 11.3 Å². The number of carbonyl (C=O) groups excluding carboxylic acids is 1. The lowest BCUT2D eigenvalue weighted by Crippen LogP contribution is -2.28. The van der Waals surface area contributed by atoms with Crippen LogP contribution in [0.25, 0.3) is 11.0 Å². The molecule has 2 aromatic rings.